The van der Waals surface area contributed by atoms with Gasteiger partial charge in [0.2, 0.25) is 0 Å². The Labute approximate surface area is 191 Å². The maximum atomic E-state index is 14.6. The lowest BCUT2D eigenvalue weighted by molar-refractivity contribution is -0.129. The topological polar surface area (TPSA) is 52.6 Å². The molecule has 33 heavy (non-hydrogen) atoms. The van der Waals surface area contributed by atoms with Crippen LogP contribution >= 0.6 is 0 Å². The molecule has 5 heteroatoms. The SMILES string of the molecule is C=CC(=O)Oc1ccc(C=Cc2ccc(C=Cc3ccccc3OC(=O)C=C)c(F)c2)cc1. The lowest BCUT2D eigenvalue weighted by Crippen LogP contribution is -2.03. The minimum absolute atomic E-state index is 0.365. The standard InChI is InChI=1S/C28H21FO4/c1-3-27(30)32-24-17-12-20(13-18-24)9-10-21-11-14-22(25(29)19-21)15-16-23-7-5-6-8-26(23)33-28(31)4-2/h3-19H,1-2H2. The highest BCUT2D eigenvalue weighted by Crippen LogP contribution is 2.22. The number of para-hydroxylation sites is 1. The summed E-state index contributed by atoms with van der Waals surface area (Å²) in [6.45, 7) is 6.74. The van der Waals surface area contributed by atoms with Crippen LogP contribution in [0.4, 0.5) is 4.39 Å². The van der Waals surface area contributed by atoms with E-state index in [4.69, 9.17) is 9.47 Å². The van der Waals surface area contributed by atoms with Gasteiger partial charge in [-0.05, 0) is 35.4 Å². The normalized spacial score (nSPS) is 10.8. The molecule has 3 aromatic rings. The molecule has 0 aliphatic rings. The largest absolute Gasteiger partial charge is 0.423 e. The predicted octanol–water partition coefficient (Wildman–Crippen LogP) is 6.35. The molecular formula is C28H21FO4. The highest BCUT2D eigenvalue weighted by Gasteiger charge is 2.05. The molecular weight excluding hydrogens is 419 g/mol. The molecule has 0 fully saturated rings. The van der Waals surface area contributed by atoms with Crippen molar-refractivity contribution in [1.82, 2.24) is 0 Å². The highest BCUT2D eigenvalue weighted by molar-refractivity contribution is 5.85. The van der Waals surface area contributed by atoms with Crippen molar-refractivity contribution in [3.05, 3.63) is 120 Å². The molecule has 4 nitrogen and oxygen atoms in total. The van der Waals surface area contributed by atoms with Crippen molar-refractivity contribution >= 4 is 36.2 Å². The van der Waals surface area contributed by atoms with E-state index in [1.54, 1.807) is 78.9 Å². The molecule has 0 aromatic heterocycles. The monoisotopic (exact) mass is 440 g/mol. The Kier molecular flexibility index (Phi) is 7.86. The van der Waals surface area contributed by atoms with Crippen LogP contribution in [0.3, 0.4) is 0 Å². The molecule has 3 rings (SSSR count). The van der Waals surface area contributed by atoms with E-state index in [0.717, 1.165) is 17.7 Å². The number of ether oxygens (including phenoxy) is 2. The van der Waals surface area contributed by atoms with E-state index in [1.807, 2.05) is 6.08 Å². The molecule has 0 heterocycles. The highest BCUT2D eigenvalue weighted by atomic mass is 19.1. The van der Waals surface area contributed by atoms with Gasteiger partial charge in [0, 0.05) is 23.3 Å². The zero-order chi connectivity index (χ0) is 23.6. The van der Waals surface area contributed by atoms with Crippen molar-refractivity contribution in [3.63, 3.8) is 0 Å². The molecule has 0 aliphatic heterocycles. The first-order valence-electron chi connectivity index (χ1n) is 10.0. The van der Waals surface area contributed by atoms with Crippen LogP contribution < -0.4 is 9.47 Å². The van der Waals surface area contributed by atoms with E-state index in [1.165, 1.54) is 6.07 Å². The average Bonchev–Trinajstić information content (AvgIpc) is 2.83. The van der Waals surface area contributed by atoms with Gasteiger partial charge in [0.1, 0.15) is 17.3 Å². The molecule has 0 N–H and O–H groups in total. The van der Waals surface area contributed by atoms with Gasteiger partial charge in [-0.1, -0.05) is 79.9 Å². The zero-order valence-corrected chi connectivity index (χ0v) is 17.7. The third-order valence-corrected chi connectivity index (χ3v) is 4.50. The van der Waals surface area contributed by atoms with Crippen LogP contribution in [0.15, 0.2) is 92.0 Å². The molecule has 0 atom stereocenters. The lowest BCUT2D eigenvalue weighted by Gasteiger charge is -2.05. The van der Waals surface area contributed by atoms with Crippen LogP contribution in [-0.4, -0.2) is 11.9 Å². The molecule has 0 bridgehead atoms. The summed E-state index contributed by atoms with van der Waals surface area (Å²) in [5, 5.41) is 0. The van der Waals surface area contributed by atoms with E-state index in [0.29, 0.717) is 28.2 Å². The Morgan fingerprint density at radius 3 is 2.00 bits per heavy atom. The van der Waals surface area contributed by atoms with E-state index < -0.39 is 11.9 Å². The first kappa shape index (κ1) is 23.2. The van der Waals surface area contributed by atoms with Gasteiger partial charge < -0.3 is 9.47 Å². The number of carbonyl (C=O) groups is 2. The van der Waals surface area contributed by atoms with Gasteiger partial charge in [-0.25, -0.2) is 14.0 Å². The van der Waals surface area contributed by atoms with Crippen molar-refractivity contribution in [2.24, 2.45) is 0 Å². The van der Waals surface area contributed by atoms with Crippen LogP contribution in [0.5, 0.6) is 11.5 Å². The van der Waals surface area contributed by atoms with Crippen molar-refractivity contribution in [3.8, 4) is 11.5 Å². The maximum Gasteiger partial charge on any atom is 0.335 e. The summed E-state index contributed by atoms with van der Waals surface area (Å²) in [5.41, 5.74) is 2.58. The fourth-order valence-corrected chi connectivity index (χ4v) is 2.82. The third-order valence-electron chi connectivity index (χ3n) is 4.50. The van der Waals surface area contributed by atoms with Gasteiger partial charge in [-0.2, -0.15) is 0 Å². The smallest absolute Gasteiger partial charge is 0.335 e. The second kappa shape index (κ2) is 11.2. The zero-order valence-electron chi connectivity index (χ0n) is 17.7. The van der Waals surface area contributed by atoms with Gasteiger partial charge in [0.15, 0.2) is 0 Å². The van der Waals surface area contributed by atoms with Crippen molar-refractivity contribution in [2.45, 2.75) is 0 Å². The predicted molar refractivity (Wildman–Crippen MR) is 129 cm³/mol. The number of esters is 2. The summed E-state index contributed by atoms with van der Waals surface area (Å²) >= 11 is 0. The number of hydrogen-bond donors (Lipinski definition) is 0. The molecule has 0 unspecified atom stereocenters. The summed E-state index contributed by atoms with van der Waals surface area (Å²) in [6, 6.07) is 18.8. The molecule has 0 radical (unpaired) electrons. The minimum Gasteiger partial charge on any atom is -0.423 e. The number of halogens is 1. The van der Waals surface area contributed by atoms with E-state index in [9.17, 15) is 14.0 Å². The van der Waals surface area contributed by atoms with Crippen LogP contribution in [0.2, 0.25) is 0 Å². The number of hydrogen-bond acceptors (Lipinski definition) is 4. The Balaban J connectivity index is 1.70. The van der Waals surface area contributed by atoms with Gasteiger partial charge in [0.25, 0.3) is 0 Å². The fourth-order valence-electron chi connectivity index (χ4n) is 2.82. The molecule has 3 aromatic carbocycles. The maximum absolute atomic E-state index is 14.6. The van der Waals surface area contributed by atoms with Crippen LogP contribution in [0.1, 0.15) is 22.3 Å². The number of rotatable bonds is 8. The summed E-state index contributed by atoms with van der Waals surface area (Å²) in [6.07, 6.45) is 9.09. The van der Waals surface area contributed by atoms with E-state index in [2.05, 4.69) is 13.2 Å². The molecule has 0 saturated heterocycles. The van der Waals surface area contributed by atoms with Crippen molar-refractivity contribution in [1.29, 1.82) is 0 Å². The molecule has 0 saturated carbocycles. The minimum atomic E-state index is -0.564. The lowest BCUT2D eigenvalue weighted by atomic mass is 10.1. The molecule has 164 valence electrons. The molecule has 0 aliphatic carbocycles. The Bertz CT molecular complexity index is 1240. The Morgan fingerprint density at radius 1 is 0.697 bits per heavy atom. The van der Waals surface area contributed by atoms with Gasteiger partial charge >= 0.3 is 11.9 Å². The molecule has 0 amide bonds. The first-order chi connectivity index (χ1) is 16.0. The van der Waals surface area contributed by atoms with Gasteiger partial charge in [0.05, 0.1) is 0 Å². The van der Waals surface area contributed by atoms with Gasteiger partial charge in [-0.3, -0.25) is 0 Å². The first-order valence-corrected chi connectivity index (χ1v) is 10.0. The second-order valence-corrected chi connectivity index (χ2v) is 6.80. The van der Waals surface area contributed by atoms with Crippen molar-refractivity contribution in [2.75, 3.05) is 0 Å². The fraction of sp³-hybridized carbons (Fsp3) is 0. The van der Waals surface area contributed by atoms with Crippen LogP contribution in [0.25, 0.3) is 24.3 Å². The summed E-state index contributed by atoms with van der Waals surface area (Å²) in [5.74, 6) is -0.695. The Hall–Kier alpha value is -4.51. The number of carbonyl (C=O) groups excluding carboxylic acids is 2. The number of benzene rings is 3. The van der Waals surface area contributed by atoms with Crippen LogP contribution in [-0.2, 0) is 9.59 Å². The van der Waals surface area contributed by atoms with Crippen LogP contribution in [0, 0.1) is 5.82 Å². The third kappa shape index (κ3) is 6.74. The Morgan fingerprint density at radius 2 is 1.30 bits per heavy atom. The summed E-state index contributed by atoms with van der Waals surface area (Å²) in [7, 11) is 0. The van der Waals surface area contributed by atoms with E-state index in [-0.39, 0.29) is 5.82 Å². The quantitative estimate of drug-likeness (QED) is 0.177. The van der Waals surface area contributed by atoms with Gasteiger partial charge in [-0.15, -0.1) is 0 Å². The van der Waals surface area contributed by atoms with E-state index >= 15 is 0 Å². The van der Waals surface area contributed by atoms with Crippen molar-refractivity contribution < 1.29 is 23.5 Å². The summed E-state index contributed by atoms with van der Waals surface area (Å²) in [4.78, 5) is 22.7. The second-order valence-electron chi connectivity index (χ2n) is 6.80. The average molecular weight is 440 g/mol. The summed E-state index contributed by atoms with van der Waals surface area (Å²) < 4.78 is 24.8. The molecule has 0 spiro atoms.